The number of imidazole rings is 1. The molecule has 0 atom stereocenters. The van der Waals surface area contributed by atoms with Crippen molar-refractivity contribution in [1.82, 2.24) is 24.3 Å². The number of hydrogen-bond acceptors (Lipinski definition) is 3. The summed E-state index contributed by atoms with van der Waals surface area (Å²) in [5.74, 6) is 0.849. The summed E-state index contributed by atoms with van der Waals surface area (Å²) in [4.78, 5) is 4.43. The van der Waals surface area contributed by atoms with E-state index < -0.39 is 0 Å². The molecule has 4 aromatic rings. The number of benzene rings is 2. The van der Waals surface area contributed by atoms with Crippen molar-refractivity contribution in [2.24, 2.45) is 0 Å². The van der Waals surface area contributed by atoms with E-state index >= 15 is 0 Å². The van der Waals surface area contributed by atoms with Crippen molar-refractivity contribution in [2.75, 3.05) is 0 Å². The molecular formula is C17H15N5S. The van der Waals surface area contributed by atoms with E-state index in [4.69, 9.17) is 12.2 Å². The molecule has 0 radical (unpaired) electrons. The molecule has 0 aliphatic heterocycles. The maximum atomic E-state index is 5.40. The van der Waals surface area contributed by atoms with Crippen molar-refractivity contribution in [3.63, 3.8) is 0 Å². The molecule has 1 N–H and O–H groups in total. The molecule has 114 valence electrons. The van der Waals surface area contributed by atoms with Crippen LogP contribution in [0.1, 0.15) is 11.4 Å². The summed E-state index contributed by atoms with van der Waals surface area (Å²) in [6.45, 7) is 2.67. The minimum absolute atomic E-state index is 0.591. The predicted molar refractivity (Wildman–Crippen MR) is 92.3 cm³/mol. The highest BCUT2D eigenvalue weighted by atomic mass is 32.1. The van der Waals surface area contributed by atoms with Crippen molar-refractivity contribution < 1.29 is 0 Å². The molecular weight excluding hydrogens is 306 g/mol. The van der Waals surface area contributed by atoms with E-state index in [9.17, 15) is 0 Å². The number of hydrogen-bond donors (Lipinski definition) is 1. The second-order valence-corrected chi connectivity index (χ2v) is 5.86. The summed E-state index contributed by atoms with van der Waals surface area (Å²) in [6.07, 6.45) is 1.84. The van der Waals surface area contributed by atoms with Crippen LogP contribution in [0.2, 0.25) is 0 Å². The Hall–Kier alpha value is -2.73. The van der Waals surface area contributed by atoms with Crippen molar-refractivity contribution in [2.45, 2.75) is 13.5 Å². The Balaban J connectivity index is 1.79. The molecule has 6 heteroatoms. The number of nitrogens with zero attached hydrogens (tertiary/aromatic N) is 4. The van der Waals surface area contributed by atoms with E-state index in [1.54, 1.807) is 0 Å². The Morgan fingerprint density at radius 3 is 2.70 bits per heavy atom. The molecule has 2 aromatic carbocycles. The Bertz CT molecular complexity index is 1020. The highest BCUT2D eigenvalue weighted by Crippen LogP contribution is 2.16. The number of aromatic nitrogens is 5. The fraction of sp³-hybridized carbons (Fsp3) is 0.118. The number of aryl methyl sites for hydroxylation is 1. The monoisotopic (exact) mass is 321 g/mol. The zero-order chi connectivity index (χ0) is 15.8. The Morgan fingerprint density at radius 2 is 1.87 bits per heavy atom. The zero-order valence-electron chi connectivity index (χ0n) is 12.6. The van der Waals surface area contributed by atoms with Crippen LogP contribution in [-0.2, 0) is 6.54 Å². The van der Waals surface area contributed by atoms with Gasteiger partial charge in [-0.1, -0.05) is 29.8 Å². The highest BCUT2D eigenvalue weighted by Gasteiger charge is 2.10. The predicted octanol–water partition coefficient (Wildman–Crippen LogP) is 3.64. The van der Waals surface area contributed by atoms with E-state index in [-0.39, 0.29) is 0 Å². The standard InChI is InChI=1S/C17H15N5S/c1-12-6-8-13(9-7-12)22-16(19-20-17(22)23)10-21-11-18-14-4-2-3-5-15(14)21/h2-9,11H,10H2,1H3,(H,20,23). The average Bonchev–Trinajstić information content (AvgIpc) is 3.13. The number of aromatic amines is 1. The van der Waals surface area contributed by atoms with E-state index in [1.165, 1.54) is 5.56 Å². The lowest BCUT2D eigenvalue weighted by Crippen LogP contribution is -2.07. The molecule has 0 aliphatic rings. The molecule has 0 amide bonds. The maximum absolute atomic E-state index is 5.40. The largest absolute Gasteiger partial charge is 0.323 e. The molecule has 0 fully saturated rings. The third-order valence-corrected chi connectivity index (χ3v) is 4.15. The van der Waals surface area contributed by atoms with Gasteiger partial charge >= 0.3 is 0 Å². The zero-order valence-corrected chi connectivity index (χ0v) is 13.4. The molecule has 0 saturated heterocycles. The van der Waals surface area contributed by atoms with Gasteiger partial charge < -0.3 is 4.57 Å². The van der Waals surface area contributed by atoms with Gasteiger partial charge in [0.2, 0.25) is 0 Å². The molecule has 0 unspecified atom stereocenters. The van der Waals surface area contributed by atoms with Gasteiger partial charge in [0.05, 0.1) is 23.9 Å². The van der Waals surface area contributed by atoms with Crippen molar-refractivity contribution in [1.29, 1.82) is 0 Å². The Morgan fingerprint density at radius 1 is 1.09 bits per heavy atom. The van der Waals surface area contributed by atoms with Gasteiger partial charge in [-0.15, -0.1) is 0 Å². The van der Waals surface area contributed by atoms with E-state index in [2.05, 4.69) is 57.0 Å². The normalized spacial score (nSPS) is 11.2. The maximum Gasteiger partial charge on any atom is 0.199 e. The Labute approximate surface area is 138 Å². The third kappa shape index (κ3) is 2.47. The van der Waals surface area contributed by atoms with Gasteiger partial charge in [-0.25, -0.2) is 4.98 Å². The first kappa shape index (κ1) is 13.9. The molecule has 0 aliphatic carbocycles. The summed E-state index contributed by atoms with van der Waals surface area (Å²) < 4.78 is 4.63. The van der Waals surface area contributed by atoms with Crippen LogP contribution in [0.25, 0.3) is 16.7 Å². The summed E-state index contributed by atoms with van der Waals surface area (Å²) in [5.41, 5.74) is 4.28. The van der Waals surface area contributed by atoms with Crippen LogP contribution >= 0.6 is 12.2 Å². The topological polar surface area (TPSA) is 51.4 Å². The summed E-state index contributed by atoms with van der Waals surface area (Å²) in [7, 11) is 0. The smallest absolute Gasteiger partial charge is 0.199 e. The first-order valence-electron chi connectivity index (χ1n) is 7.35. The lowest BCUT2D eigenvalue weighted by atomic mass is 10.2. The lowest BCUT2D eigenvalue weighted by molar-refractivity contribution is 0.740. The SMILES string of the molecule is Cc1ccc(-n2c(Cn3cnc4ccccc43)n[nH]c2=S)cc1. The van der Waals surface area contributed by atoms with E-state index in [0.29, 0.717) is 11.3 Å². The fourth-order valence-corrected chi connectivity index (χ4v) is 2.94. The first-order chi connectivity index (χ1) is 11.2. The minimum atomic E-state index is 0.591. The van der Waals surface area contributed by atoms with Gasteiger partial charge in [0.1, 0.15) is 0 Å². The van der Waals surface area contributed by atoms with Crippen molar-refractivity contribution in [3.8, 4) is 5.69 Å². The van der Waals surface area contributed by atoms with Crippen LogP contribution in [0.5, 0.6) is 0 Å². The van der Waals surface area contributed by atoms with Gasteiger partial charge in [-0.05, 0) is 43.4 Å². The fourth-order valence-electron chi connectivity index (χ4n) is 2.68. The second kappa shape index (κ2) is 5.48. The van der Waals surface area contributed by atoms with Gasteiger partial charge in [-0.2, -0.15) is 5.10 Å². The van der Waals surface area contributed by atoms with Crippen LogP contribution in [0, 0.1) is 11.7 Å². The quantitative estimate of drug-likeness (QED) is 0.586. The highest BCUT2D eigenvalue weighted by molar-refractivity contribution is 7.71. The molecule has 0 bridgehead atoms. The molecule has 23 heavy (non-hydrogen) atoms. The van der Waals surface area contributed by atoms with Gasteiger partial charge in [0.25, 0.3) is 0 Å². The van der Waals surface area contributed by atoms with Gasteiger partial charge in [0, 0.05) is 5.69 Å². The second-order valence-electron chi connectivity index (χ2n) is 5.48. The van der Waals surface area contributed by atoms with Gasteiger partial charge in [-0.3, -0.25) is 9.67 Å². The minimum Gasteiger partial charge on any atom is -0.323 e. The van der Waals surface area contributed by atoms with Gasteiger partial charge in [0.15, 0.2) is 10.6 Å². The van der Waals surface area contributed by atoms with E-state index in [1.807, 2.05) is 29.1 Å². The molecule has 2 aromatic heterocycles. The number of para-hydroxylation sites is 2. The van der Waals surface area contributed by atoms with Crippen LogP contribution in [0.15, 0.2) is 54.9 Å². The Kier molecular flexibility index (Phi) is 3.31. The van der Waals surface area contributed by atoms with E-state index in [0.717, 1.165) is 22.5 Å². The number of rotatable bonds is 3. The first-order valence-corrected chi connectivity index (χ1v) is 7.76. The summed E-state index contributed by atoms with van der Waals surface area (Å²) in [5, 5.41) is 7.29. The summed E-state index contributed by atoms with van der Waals surface area (Å²) >= 11 is 5.40. The van der Waals surface area contributed by atoms with Crippen LogP contribution in [0.4, 0.5) is 0 Å². The molecule has 0 saturated carbocycles. The van der Waals surface area contributed by atoms with Crippen molar-refractivity contribution >= 4 is 23.3 Å². The number of nitrogens with one attached hydrogen (secondary N) is 1. The lowest BCUT2D eigenvalue weighted by Gasteiger charge is -2.08. The third-order valence-electron chi connectivity index (χ3n) is 3.87. The average molecular weight is 321 g/mol. The molecule has 5 nitrogen and oxygen atoms in total. The van der Waals surface area contributed by atoms with Crippen LogP contribution < -0.4 is 0 Å². The van der Waals surface area contributed by atoms with Crippen LogP contribution in [-0.4, -0.2) is 24.3 Å². The van der Waals surface area contributed by atoms with Crippen molar-refractivity contribution in [3.05, 3.63) is 71.0 Å². The number of fused-ring (bicyclic) bond motifs is 1. The molecule has 2 heterocycles. The summed E-state index contributed by atoms with van der Waals surface area (Å²) in [6, 6.07) is 16.3. The molecule has 4 rings (SSSR count). The number of H-pyrrole nitrogens is 1. The molecule has 0 spiro atoms. The van der Waals surface area contributed by atoms with Crippen LogP contribution in [0.3, 0.4) is 0 Å².